The van der Waals surface area contributed by atoms with E-state index in [1.54, 1.807) is 6.20 Å². The van der Waals surface area contributed by atoms with Gasteiger partial charge in [-0.15, -0.1) is 12.4 Å². The molecule has 0 bridgehead atoms. The zero-order valence-corrected chi connectivity index (χ0v) is 13.2. The normalized spacial score (nSPS) is 12.5. The zero-order chi connectivity index (χ0) is 15.5. The van der Waals surface area contributed by atoms with Crippen LogP contribution < -0.4 is 16.4 Å². The van der Waals surface area contributed by atoms with Crippen molar-refractivity contribution in [2.75, 3.05) is 17.2 Å². The van der Waals surface area contributed by atoms with E-state index in [0.29, 0.717) is 11.3 Å². The molecule has 0 radical (unpaired) electrons. The number of halogens is 1. The lowest BCUT2D eigenvalue weighted by molar-refractivity contribution is -0.118. The van der Waals surface area contributed by atoms with E-state index in [-0.39, 0.29) is 24.9 Å². The summed E-state index contributed by atoms with van der Waals surface area (Å²) in [5, 5.41) is 10.1. The Morgan fingerprint density at radius 3 is 3.00 bits per heavy atom. The molecule has 4 N–H and O–H groups in total. The molecule has 1 aliphatic heterocycles. The first-order valence-corrected chi connectivity index (χ1v) is 7.11. The van der Waals surface area contributed by atoms with Crippen LogP contribution in [-0.2, 0) is 17.8 Å². The van der Waals surface area contributed by atoms with Gasteiger partial charge in [0.2, 0.25) is 5.91 Å². The van der Waals surface area contributed by atoms with Gasteiger partial charge in [0, 0.05) is 24.0 Å². The summed E-state index contributed by atoms with van der Waals surface area (Å²) < 4.78 is 1.39. The van der Waals surface area contributed by atoms with Crippen LogP contribution >= 0.6 is 12.4 Å². The monoisotopic (exact) mass is 335 g/mol. The molecule has 0 saturated carbocycles. The minimum atomic E-state index is -0.482. The van der Waals surface area contributed by atoms with Gasteiger partial charge in [0.1, 0.15) is 6.54 Å². The van der Waals surface area contributed by atoms with Crippen molar-refractivity contribution in [2.45, 2.75) is 19.4 Å². The molecule has 2 heterocycles. The number of aromatic nitrogens is 2. The number of anilines is 2. The topological polar surface area (TPSA) is 102 Å². The molecule has 8 heteroatoms. The Morgan fingerprint density at radius 2 is 2.22 bits per heavy atom. The maximum atomic E-state index is 12.4. The van der Waals surface area contributed by atoms with Crippen LogP contribution in [0.15, 0.2) is 30.6 Å². The fourth-order valence-corrected chi connectivity index (χ4v) is 2.60. The van der Waals surface area contributed by atoms with Crippen molar-refractivity contribution in [3.05, 3.63) is 41.7 Å². The van der Waals surface area contributed by atoms with Gasteiger partial charge in [-0.25, -0.2) is 0 Å². The van der Waals surface area contributed by atoms with E-state index in [4.69, 9.17) is 5.73 Å². The highest BCUT2D eigenvalue weighted by molar-refractivity contribution is 6.06. The second-order valence-corrected chi connectivity index (χ2v) is 5.21. The van der Waals surface area contributed by atoms with Crippen molar-refractivity contribution < 1.29 is 9.59 Å². The highest BCUT2D eigenvalue weighted by Crippen LogP contribution is 2.25. The van der Waals surface area contributed by atoms with E-state index >= 15 is 0 Å². The van der Waals surface area contributed by atoms with Gasteiger partial charge in [-0.1, -0.05) is 6.07 Å². The van der Waals surface area contributed by atoms with E-state index in [1.807, 2.05) is 18.2 Å². The Morgan fingerprint density at radius 1 is 1.39 bits per heavy atom. The predicted molar refractivity (Wildman–Crippen MR) is 89.9 cm³/mol. The Labute approximate surface area is 139 Å². The van der Waals surface area contributed by atoms with Crippen LogP contribution in [0.5, 0.6) is 0 Å². The fourth-order valence-electron chi connectivity index (χ4n) is 2.60. The molecule has 0 spiro atoms. The number of benzene rings is 1. The van der Waals surface area contributed by atoms with Crippen molar-refractivity contribution in [3.63, 3.8) is 0 Å². The lowest BCUT2D eigenvalue weighted by atomic mass is 9.97. The number of hydrogen-bond donors (Lipinski definition) is 3. The summed E-state index contributed by atoms with van der Waals surface area (Å²) in [6.45, 7) is 0.915. The predicted octanol–water partition coefficient (Wildman–Crippen LogP) is 1.40. The minimum Gasteiger partial charge on any atom is -0.385 e. The highest BCUT2D eigenvalue weighted by Gasteiger charge is 2.17. The van der Waals surface area contributed by atoms with Crippen LogP contribution in [0.3, 0.4) is 0 Å². The zero-order valence-electron chi connectivity index (χ0n) is 12.4. The maximum absolute atomic E-state index is 12.4. The molecule has 23 heavy (non-hydrogen) atoms. The lowest BCUT2D eigenvalue weighted by Gasteiger charge is -2.20. The molecule has 2 aromatic rings. The first-order chi connectivity index (χ1) is 10.6. The van der Waals surface area contributed by atoms with E-state index in [9.17, 15) is 9.59 Å². The summed E-state index contributed by atoms with van der Waals surface area (Å²) in [6.07, 6.45) is 4.96. The molecule has 0 fully saturated rings. The number of hydrogen-bond acceptors (Lipinski definition) is 4. The molecule has 3 rings (SSSR count). The van der Waals surface area contributed by atoms with Gasteiger partial charge in [-0.2, -0.15) is 5.10 Å². The number of nitrogens with one attached hydrogen (secondary N) is 2. The van der Waals surface area contributed by atoms with Gasteiger partial charge in [0.15, 0.2) is 0 Å². The number of amides is 2. The molecule has 1 aromatic heterocycles. The smallest absolute Gasteiger partial charge is 0.256 e. The fraction of sp³-hybridized carbons (Fsp3) is 0.267. The second-order valence-electron chi connectivity index (χ2n) is 5.21. The minimum absolute atomic E-state index is 0. The Kier molecular flexibility index (Phi) is 5.23. The van der Waals surface area contributed by atoms with Gasteiger partial charge in [-0.3, -0.25) is 14.3 Å². The number of fused-ring (bicyclic) bond motifs is 1. The van der Waals surface area contributed by atoms with E-state index in [1.165, 1.54) is 10.9 Å². The van der Waals surface area contributed by atoms with Crippen molar-refractivity contribution in [1.29, 1.82) is 0 Å². The highest BCUT2D eigenvalue weighted by atomic mass is 35.5. The Hall–Kier alpha value is -2.54. The largest absolute Gasteiger partial charge is 0.385 e. The molecule has 2 amide bonds. The quantitative estimate of drug-likeness (QED) is 0.786. The van der Waals surface area contributed by atoms with Crippen LogP contribution in [0.4, 0.5) is 11.4 Å². The van der Waals surface area contributed by atoms with Crippen molar-refractivity contribution >= 4 is 35.6 Å². The summed E-state index contributed by atoms with van der Waals surface area (Å²) in [6, 6.07) is 5.66. The number of rotatable bonds is 4. The summed E-state index contributed by atoms with van der Waals surface area (Å²) in [5.41, 5.74) is 8.36. The third kappa shape index (κ3) is 3.81. The van der Waals surface area contributed by atoms with E-state index in [2.05, 4.69) is 15.7 Å². The average molecular weight is 336 g/mol. The standard InChI is InChI=1S/C15H17N5O2.ClH/c16-14(21)9-20-8-10(7-18-20)19-15(22)12-3-1-5-13-11(12)4-2-6-17-13;/h1,3,5,7-8,17H,2,4,6,9H2,(H2,16,21)(H,19,22);1H. The van der Waals surface area contributed by atoms with Crippen molar-refractivity contribution in [2.24, 2.45) is 5.73 Å². The number of nitrogens with two attached hydrogens (primary N) is 1. The molecular weight excluding hydrogens is 318 g/mol. The van der Waals surface area contributed by atoms with Crippen LogP contribution in [0.2, 0.25) is 0 Å². The third-order valence-corrected chi connectivity index (χ3v) is 3.55. The van der Waals surface area contributed by atoms with Gasteiger partial charge in [0.05, 0.1) is 11.9 Å². The Balaban J connectivity index is 0.00000192. The molecule has 1 aliphatic rings. The van der Waals surface area contributed by atoms with Crippen LogP contribution in [-0.4, -0.2) is 28.1 Å². The number of primary amides is 1. The summed E-state index contributed by atoms with van der Waals surface area (Å²) >= 11 is 0. The summed E-state index contributed by atoms with van der Waals surface area (Å²) in [5.74, 6) is -0.664. The van der Waals surface area contributed by atoms with Crippen LogP contribution in [0.1, 0.15) is 22.3 Å². The van der Waals surface area contributed by atoms with E-state index < -0.39 is 5.91 Å². The average Bonchev–Trinajstić information content (AvgIpc) is 2.92. The van der Waals surface area contributed by atoms with Crippen LogP contribution in [0, 0.1) is 0 Å². The molecule has 0 unspecified atom stereocenters. The third-order valence-electron chi connectivity index (χ3n) is 3.55. The molecular formula is C15H18ClN5O2. The number of nitrogens with zero attached hydrogens (tertiary/aromatic N) is 2. The van der Waals surface area contributed by atoms with Gasteiger partial charge >= 0.3 is 0 Å². The molecule has 0 saturated heterocycles. The molecule has 1 aromatic carbocycles. The van der Waals surface area contributed by atoms with Crippen molar-refractivity contribution in [3.8, 4) is 0 Å². The van der Waals surface area contributed by atoms with E-state index in [0.717, 1.165) is 30.6 Å². The van der Waals surface area contributed by atoms with Crippen LogP contribution in [0.25, 0.3) is 0 Å². The van der Waals surface area contributed by atoms with Crippen molar-refractivity contribution in [1.82, 2.24) is 9.78 Å². The molecule has 0 atom stereocenters. The molecule has 122 valence electrons. The Bertz CT molecular complexity index is 728. The summed E-state index contributed by atoms with van der Waals surface area (Å²) in [7, 11) is 0. The van der Waals surface area contributed by atoms with Gasteiger partial charge in [-0.05, 0) is 30.5 Å². The first-order valence-electron chi connectivity index (χ1n) is 7.11. The number of carbonyl (C=O) groups excluding carboxylic acids is 2. The first kappa shape index (κ1) is 16.8. The maximum Gasteiger partial charge on any atom is 0.256 e. The molecule has 0 aliphatic carbocycles. The van der Waals surface area contributed by atoms with Gasteiger partial charge in [0.25, 0.3) is 5.91 Å². The summed E-state index contributed by atoms with van der Waals surface area (Å²) in [4.78, 5) is 23.3. The SMILES string of the molecule is Cl.NC(=O)Cn1cc(NC(=O)c2cccc3c2CCCN3)cn1. The lowest BCUT2D eigenvalue weighted by Crippen LogP contribution is -2.19. The second kappa shape index (κ2) is 7.15. The number of carbonyl (C=O) groups is 2. The van der Waals surface area contributed by atoms with Gasteiger partial charge < -0.3 is 16.4 Å². The molecule has 7 nitrogen and oxygen atoms in total.